The van der Waals surface area contributed by atoms with Crippen molar-refractivity contribution in [1.29, 1.82) is 0 Å². The van der Waals surface area contributed by atoms with E-state index in [0.29, 0.717) is 35.5 Å². The van der Waals surface area contributed by atoms with Gasteiger partial charge in [-0.3, -0.25) is 9.59 Å². The molecule has 0 spiro atoms. The van der Waals surface area contributed by atoms with Crippen LogP contribution >= 0.6 is 0 Å². The minimum atomic E-state index is -1.16. The number of allylic oxidation sites excluding steroid dienone is 1. The van der Waals surface area contributed by atoms with Crippen LogP contribution in [-0.2, 0) is 14.3 Å². The molecular formula is C43H57FO6. The smallest absolute Gasteiger partial charge is 0.336 e. The Labute approximate surface area is 298 Å². The second kappa shape index (κ2) is 12.5. The molecular weight excluding hydrogens is 631 g/mol. The van der Waals surface area contributed by atoms with Gasteiger partial charge in [0.25, 0.3) is 0 Å². The van der Waals surface area contributed by atoms with Gasteiger partial charge in [0, 0.05) is 16.4 Å². The fraction of sp³-hybridized carbons (Fsp3) is 0.698. The second-order valence-corrected chi connectivity index (χ2v) is 18.7. The van der Waals surface area contributed by atoms with Crippen molar-refractivity contribution in [3.05, 3.63) is 47.3 Å². The van der Waals surface area contributed by atoms with Crippen LogP contribution in [0.5, 0.6) is 0 Å². The van der Waals surface area contributed by atoms with Gasteiger partial charge in [-0.15, -0.1) is 0 Å². The quantitative estimate of drug-likeness (QED) is 0.175. The predicted molar refractivity (Wildman–Crippen MR) is 191 cm³/mol. The number of esters is 1. The molecule has 10 unspecified atom stereocenters. The van der Waals surface area contributed by atoms with Gasteiger partial charge in [-0.25, -0.2) is 9.18 Å². The van der Waals surface area contributed by atoms with E-state index in [1.165, 1.54) is 23.8 Å². The second-order valence-electron chi connectivity index (χ2n) is 18.7. The van der Waals surface area contributed by atoms with Crippen LogP contribution in [0.15, 0.2) is 30.4 Å². The first-order chi connectivity index (χ1) is 23.3. The Balaban J connectivity index is 1.27. The number of fused-ring (bicyclic) bond motifs is 7. The van der Waals surface area contributed by atoms with E-state index in [1.807, 2.05) is 0 Å². The number of aromatic carboxylic acids is 1. The number of carbonyl (C=O) groups excluding carboxylic acids is 1. The van der Waals surface area contributed by atoms with E-state index in [9.17, 15) is 29.0 Å². The lowest BCUT2D eigenvalue weighted by Crippen LogP contribution is -2.63. The molecule has 5 aliphatic carbocycles. The molecule has 5 saturated carbocycles. The van der Waals surface area contributed by atoms with Crippen LogP contribution in [0.2, 0.25) is 0 Å². The van der Waals surface area contributed by atoms with Gasteiger partial charge >= 0.3 is 17.9 Å². The first-order valence-corrected chi connectivity index (χ1v) is 18.9. The van der Waals surface area contributed by atoms with Crippen LogP contribution in [0.4, 0.5) is 4.39 Å². The molecule has 7 heteroatoms. The van der Waals surface area contributed by atoms with Crippen molar-refractivity contribution in [2.24, 2.45) is 62.6 Å². The Morgan fingerprint density at radius 3 is 2.28 bits per heavy atom. The molecule has 0 heterocycles. The van der Waals surface area contributed by atoms with Crippen LogP contribution in [-0.4, -0.2) is 34.2 Å². The predicted octanol–water partition coefficient (Wildman–Crippen LogP) is 9.56. The first-order valence-electron chi connectivity index (χ1n) is 18.9. The minimum absolute atomic E-state index is 0.0459. The molecule has 6 nitrogen and oxygen atoms in total. The Hall–Kier alpha value is -3.14. The highest BCUT2D eigenvalue weighted by Gasteiger charge is 2.67. The van der Waals surface area contributed by atoms with Crippen molar-refractivity contribution in [3.63, 3.8) is 0 Å². The summed E-state index contributed by atoms with van der Waals surface area (Å²) in [7, 11) is 0. The van der Waals surface area contributed by atoms with Crippen molar-refractivity contribution < 1.29 is 33.7 Å². The molecule has 50 heavy (non-hydrogen) atoms. The first kappa shape index (κ1) is 36.6. The van der Waals surface area contributed by atoms with E-state index in [0.717, 1.165) is 64.2 Å². The lowest BCUT2D eigenvalue weighted by molar-refractivity contribution is -0.221. The average molecular weight is 689 g/mol. The van der Waals surface area contributed by atoms with Gasteiger partial charge in [-0.05, 0) is 150 Å². The van der Waals surface area contributed by atoms with Crippen LogP contribution in [0, 0.1) is 80.2 Å². The molecule has 272 valence electrons. The molecule has 0 saturated heterocycles. The average Bonchev–Trinajstić information content (AvgIpc) is 3.41. The normalized spacial score (nSPS) is 38.6. The molecule has 1 aromatic carbocycles. The van der Waals surface area contributed by atoms with Gasteiger partial charge in [0.15, 0.2) is 0 Å². The third-order valence-corrected chi connectivity index (χ3v) is 15.3. The number of aliphatic carboxylic acids is 1. The van der Waals surface area contributed by atoms with Gasteiger partial charge < -0.3 is 14.9 Å². The van der Waals surface area contributed by atoms with Gasteiger partial charge in [-0.2, -0.15) is 0 Å². The van der Waals surface area contributed by atoms with E-state index < -0.39 is 29.1 Å². The highest BCUT2D eigenvalue weighted by atomic mass is 19.1. The number of carboxylic acids is 2. The Kier molecular flexibility index (Phi) is 9.18. The Bertz CT molecular complexity index is 1650. The van der Waals surface area contributed by atoms with Crippen LogP contribution in [0.1, 0.15) is 135 Å². The SMILES string of the molecule is C=C(C)C1CCC2(C#Cc3cc(F)ccc3C(=O)O)CCC3C(CCC4C3(C)CCC3C(C)(C)C(OC(=O)CC(C)(C)C(=O)O)CCC34C)C12. The summed E-state index contributed by atoms with van der Waals surface area (Å²) in [6.45, 7) is 19.4. The van der Waals surface area contributed by atoms with E-state index in [-0.39, 0.29) is 45.3 Å². The zero-order chi connectivity index (χ0) is 36.6. The standard InChI is InChI=1S/C43H57FO6/c1-25(2)28-14-21-43(20-13-26-23-27(44)9-10-29(26)37(46)47)22-15-31-30(36(28)43)11-12-33-41(31,7)18-16-32-40(5,6)34(17-19-42(32,33)8)50-35(45)24-39(3,4)38(48)49/h9-10,23,28,30-34,36H,1,11-12,14-19,21-22,24H2,2-8H3,(H,46,47)(H,48,49). The Morgan fingerprint density at radius 2 is 1.62 bits per heavy atom. The van der Waals surface area contributed by atoms with Crippen LogP contribution in [0.3, 0.4) is 0 Å². The van der Waals surface area contributed by atoms with Crippen LogP contribution < -0.4 is 0 Å². The molecule has 0 amide bonds. The summed E-state index contributed by atoms with van der Waals surface area (Å²) in [6.07, 6.45) is 9.94. The molecule has 2 N–H and O–H groups in total. The molecule has 1 aromatic rings. The third-order valence-electron chi connectivity index (χ3n) is 15.3. The summed E-state index contributed by atoms with van der Waals surface area (Å²) in [4.78, 5) is 36.7. The zero-order valence-electron chi connectivity index (χ0n) is 31.2. The molecule has 10 atom stereocenters. The topological polar surface area (TPSA) is 101 Å². The van der Waals surface area contributed by atoms with E-state index >= 15 is 0 Å². The summed E-state index contributed by atoms with van der Waals surface area (Å²) >= 11 is 0. The third kappa shape index (κ3) is 5.81. The number of halogens is 1. The van der Waals surface area contributed by atoms with Crippen molar-refractivity contribution in [3.8, 4) is 11.8 Å². The molecule has 6 rings (SSSR count). The lowest BCUT2D eigenvalue weighted by Gasteiger charge is -2.69. The van der Waals surface area contributed by atoms with Crippen molar-refractivity contribution in [2.45, 2.75) is 125 Å². The maximum absolute atomic E-state index is 14.3. The van der Waals surface area contributed by atoms with E-state index in [4.69, 9.17) is 4.74 Å². The molecule has 0 aromatic heterocycles. The van der Waals surface area contributed by atoms with E-state index in [1.54, 1.807) is 13.8 Å². The fourth-order valence-electron chi connectivity index (χ4n) is 12.9. The molecule has 0 radical (unpaired) electrons. The van der Waals surface area contributed by atoms with E-state index in [2.05, 4.69) is 53.0 Å². The van der Waals surface area contributed by atoms with Gasteiger partial charge in [0.1, 0.15) is 11.9 Å². The maximum atomic E-state index is 14.3. The monoisotopic (exact) mass is 688 g/mol. The number of carbonyl (C=O) groups is 3. The molecule has 5 fully saturated rings. The van der Waals surface area contributed by atoms with Crippen molar-refractivity contribution in [1.82, 2.24) is 0 Å². The minimum Gasteiger partial charge on any atom is -0.481 e. The molecule has 0 aliphatic heterocycles. The highest BCUT2D eigenvalue weighted by molar-refractivity contribution is 5.90. The number of rotatable bonds is 6. The molecule has 0 bridgehead atoms. The number of benzene rings is 1. The number of hydrogen-bond donors (Lipinski definition) is 2. The highest BCUT2D eigenvalue weighted by Crippen LogP contribution is 2.73. The summed E-state index contributed by atoms with van der Waals surface area (Å²) < 4.78 is 20.4. The van der Waals surface area contributed by atoms with Gasteiger partial charge in [0.2, 0.25) is 0 Å². The van der Waals surface area contributed by atoms with Crippen LogP contribution in [0.25, 0.3) is 0 Å². The summed E-state index contributed by atoms with van der Waals surface area (Å²) in [6, 6.07) is 3.76. The number of ether oxygens (including phenoxy) is 1. The Morgan fingerprint density at radius 1 is 0.940 bits per heavy atom. The number of carboxylic acid groups (broad SMARTS) is 2. The lowest BCUT2D eigenvalue weighted by atomic mass is 9.36. The van der Waals surface area contributed by atoms with Gasteiger partial charge in [0.05, 0.1) is 17.4 Å². The van der Waals surface area contributed by atoms with Crippen molar-refractivity contribution in [2.75, 3.05) is 0 Å². The summed E-state index contributed by atoms with van der Waals surface area (Å²) in [5.74, 6) is 6.58. The van der Waals surface area contributed by atoms with Crippen molar-refractivity contribution >= 4 is 17.9 Å². The molecule has 5 aliphatic rings. The number of hydrogen-bond acceptors (Lipinski definition) is 4. The van der Waals surface area contributed by atoms with Gasteiger partial charge in [-0.1, -0.05) is 51.7 Å². The largest absolute Gasteiger partial charge is 0.481 e. The maximum Gasteiger partial charge on any atom is 0.336 e. The fourth-order valence-corrected chi connectivity index (χ4v) is 12.9. The summed E-state index contributed by atoms with van der Waals surface area (Å²) in [5, 5.41) is 19.4. The zero-order valence-corrected chi connectivity index (χ0v) is 31.2. The summed E-state index contributed by atoms with van der Waals surface area (Å²) in [5.41, 5.74) is 0.146.